The first-order valence-corrected chi connectivity index (χ1v) is 8.83. The molecule has 0 fully saturated rings. The maximum atomic E-state index is 13.6. The van der Waals surface area contributed by atoms with Crippen LogP contribution in [0.3, 0.4) is 0 Å². The van der Waals surface area contributed by atoms with E-state index in [1.54, 1.807) is 24.3 Å². The van der Waals surface area contributed by atoms with Crippen LogP contribution < -0.4 is 10.1 Å². The van der Waals surface area contributed by atoms with E-state index in [2.05, 4.69) is 5.32 Å². The van der Waals surface area contributed by atoms with Gasteiger partial charge in [-0.2, -0.15) is 0 Å². The smallest absolute Gasteiger partial charge is 0.310 e. The molecular formula is C19H18Cl2FNO4. The van der Waals surface area contributed by atoms with Crippen LogP contribution in [-0.2, 0) is 27.2 Å². The van der Waals surface area contributed by atoms with Gasteiger partial charge >= 0.3 is 5.97 Å². The van der Waals surface area contributed by atoms with E-state index in [0.717, 1.165) is 5.56 Å². The highest BCUT2D eigenvalue weighted by molar-refractivity contribution is 6.35. The first-order chi connectivity index (χ1) is 12.9. The molecule has 0 spiro atoms. The molecule has 5 nitrogen and oxygen atoms in total. The molecule has 27 heavy (non-hydrogen) atoms. The van der Waals surface area contributed by atoms with Crippen LogP contribution in [0.2, 0.25) is 10.0 Å². The highest BCUT2D eigenvalue weighted by Gasteiger charge is 2.11. The average molecular weight is 414 g/mol. The summed E-state index contributed by atoms with van der Waals surface area (Å²) >= 11 is 11.9. The highest BCUT2D eigenvalue weighted by atomic mass is 35.5. The number of halogens is 3. The van der Waals surface area contributed by atoms with Crippen LogP contribution in [0.25, 0.3) is 0 Å². The summed E-state index contributed by atoms with van der Waals surface area (Å²) < 4.78 is 23.3. The van der Waals surface area contributed by atoms with E-state index in [0.29, 0.717) is 28.6 Å². The number of amides is 1. The molecule has 0 saturated heterocycles. The van der Waals surface area contributed by atoms with Gasteiger partial charge < -0.3 is 14.8 Å². The van der Waals surface area contributed by atoms with Crippen LogP contribution in [0.15, 0.2) is 36.4 Å². The summed E-state index contributed by atoms with van der Waals surface area (Å²) in [7, 11) is 1.35. The van der Waals surface area contributed by atoms with Gasteiger partial charge in [0.05, 0.1) is 13.5 Å². The van der Waals surface area contributed by atoms with E-state index in [4.69, 9.17) is 32.7 Å². The molecule has 0 heterocycles. The second-order valence-corrected chi connectivity index (χ2v) is 6.49. The van der Waals surface area contributed by atoms with E-state index in [-0.39, 0.29) is 12.2 Å². The SMILES string of the molecule is COc1ccc(CC(=O)OCC(=O)NCCc2ccc(Cl)cc2Cl)cc1F. The van der Waals surface area contributed by atoms with Gasteiger partial charge in [0.2, 0.25) is 0 Å². The highest BCUT2D eigenvalue weighted by Crippen LogP contribution is 2.21. The van der Waals surface area contributed by atoms with Crippen LogP contribution in [0.4, 0.5) is 4.39 Å². The largest absolute Gasteiger partial charge is 0.494 e. The van der Waals surface area contributed by atoms with Crippen LogP contribution in [-0.4, -0.2) is 32.1 Å². The van der Waals surface area contributed by atoms with Gasteiger partial charge in [0.15, 0.2) is 18.2 Å². The minimum absolute atomic E-state index is 0.0901. The third-order valence-electron chi connectivity index (χ3n) is 3.66. The van der Waals surface area contributed by atoms with E-state index in [1.807, 2.05) is 0 Å². The number of hydrogen-bond acceptors (Lipinski definition) is 4. The van der Waals surface area contributed by atoms with Crippen molar-refractivity contribution < 1.29 is 23.5 Å². The summed E-state index contributed by atoms with van der Waals surface area (Å²) in [4.78, 5) is 23.5. The Labute approximate surface area is 166 Å². The van der Waals surface area contributed by atoms with Crippen molar-refractivity contribution in [2.45, 2.75) is 12.8 Å². The van der Waals surface area contributed by atoms with Gasteiger partial charge in [0.25, 0.3) is 5.91 Å². The molecule has 0 aliphatic rings. The Kier molecular flexibility index (Phi) is 7.88. The second kappa shape index (κ2) is 10.1. The zero-order chi connectivity index (χ0) is 19.8. The molecule has 2 aromatic rings. The Morgan fingerprint density at radius 1 is 1.15 bits per heavy atom. The number of carbonyl (C=O) groups excluding carboxylic acids is 2. The fourth-order valence-electron chi connectivity index (χ4n) is 2.30. The van der Waals surface area contributed by atoms with Crippen molar-refractivity contribution in [1.82, 2.24) is 5.32 Å². The molecule has 0 aliphatic carbocycles. The number of esters is 1. The molecule has 1 amide bonds. The van der Waals surface area contributed by atoms with E-state index < -0.39 is 24.3 Å². The van der Waals surface area contributed by atoms with Crippen molar-refractivity contribution in [2.75, 3.05) is 20.3 Å². The maximum Gasteiger partial charge on any atom is 0.310 e. The number of rotatable bonds is 8. The van der Waals surface area contributed by atoms with Crippen molar-refractivity contribution in [3.8, 4) is 5.75 Å². The molecule has 1 N–H and O–H groups in total. The average Bonchev–Trinajstić information content (AvgIpc) is 2.62. The lowest BCUT2D eigenvalue weighted by Crippen LogP contribution is -2.30. The molecule has 0 atom stereocenters. The van der Waals surface area contributed by atoms with Crippen LogP contribution in [0.1, 0.15) is 11.1 Å². The molecule has 0 unspecified atom stereocenters. The van der Waals surface area contributed by atoms with Gasteiger partial charge in [-0.25, -0.2) is 4.39 Å². The number of carbonyl (C=O) groups is 2. The Balaban J connectivity index is 1.71. The number of hydrogen-bond donors (Lipinski definition) is 1. The molecule has 144 valence electrons. The summed E-state index contributed by atoms with van der Waals surface area (Å²) in [6.45, 7) is -0.0761. The first-order valence-electron chi connectivity index (χ1n) is 8.07. The first kappa shape index (κ1) is 21.0. The van der Waals surface area contributed by atoms with Crippen molar-refractivity contribution >= 4 is 35.1 Å². The van der Waals surface area contributed by atoms with Gasteiger partial charge in [0, 0.05) is 16.6 Å². The number of ether oxygens (including phenoxy) is 2. The van der Waals surface area contributed by atoms with Gasteiger partial charge in [-0.1, -0.05) is 35.3 Å². The predicted molar refractivity (Wildman–Crippen MR) is 101 cm³/mol. The molecule has 2 aromatic carbocycles. The lowest BCUT2D eigenvalue weighted by Gasteiger charge is -2.08. The van der Waals surface area contributed by atoms with E-state index in [9.17, 15) is 14.0 Å². The quantitative estimate of drug-likeness (QED) is 0.671. The summed E-state index contributed by atoms with van der Waals surface area (Å²) in [5.41, 5.74) is 1.27. The summed E-state index contributed by atoms with van der Waals surface area (Å²) in [6.07, 6.45) is 0.370. The van der Waals surface area contributed by atoms with Gasteiger partial charge in [0.1, 0.15) is 0 Å². The standard InChI is InChI=1S/C19H18Cl2FNO4/c1-26-17-5-2-12(8-16(17)22)9-19(25)27-11-18(24)23-7-6-13-3-4-14(20)10-15(13)21/h2-5,8,10H,6-7,9,11H2,1H3,(H,23,24). The zero-order valence-electron chi connectivity index (χ0n) is 14.6. The Hall–Kier alpha value is -2.31. The molecule has 0 aromatic heterocycles. The Morgan fingerprint density at radius 3 is 2.59 bits per heavy atom. The Bertz CT molecular complexity index is 829. The van der Waals surface area contributed by atoms with Crippen LogP contribution in [0, 0.1) is 5.82 Å². The van der Waals surface area contributed by atoms with Crippen molar-refractivity contribution in [1.29, 1.82) is 0 Å². The third-order valence-corrected chi connectivity index (χ3v) is 4.25. The van der Waals surface area contributed by atoms with Gasteiger partial charge in [-0.05, 0) is 41.8 Å². The Morgan fingerprint density at radius 2 is 1.93 bits per heavy atom. The topological polar surface area (TPSA) is 64.6 Å². The maximum absolute atomic E-state index is 13.6. The number of nitrogens with one attached hydrogen (secondary N) is 1. The zero-order valence-corrected chi connectivity index (χ0v) is 16.1. The van der Waals surface area contributed by atoms with Crippen LogP contribution in [0.5, 0.6) is 5.75 Å². The molecule has 8 heteroatoms. The number of benzene rings is 2. The number of methoxy groups -OCH3 is 1. The molecule has 0 aliphatic heterocycles. The fourth-order valence-corrected chi connectivity index (χ4v) is 2.80. The summed E-state index contributed by atoms with van der Waals surface area (Å²) in [5, 5.41) is 3.69. The molecule has 0 saturated carbocycles. The third kappa shape index (κ3) is 6.73. The molecular weight excluding hydrogens is 396 g/mol. The molecule has 0 bridgehead atoms. The fraction of sp³-hybridized carbons (Fsp3) is 0.263. The molecule has 2 rings (SSSR count). The predicted octanol–water partition coefficient (Wildman–Crippen LogP) is 3.59. The van der Waals surface area contributed by atoms with Crippen molar-refractivity contribution in [2.24, 2.45) is 0 Å². The van der Waals surface area contributed by atoms with E-state index >= 15 is 0 Å². The molecule has 0 radical (unpaired) electrons. The lowest BCUT2D eigenvalue weighted by molar-refractivity contribution is -0.147. The minimum Gasteiger partial charge on any atom is -0.494 e. The minimum atomic E-state index is -0.629. The monoisotopic (exact) mass is 413 g/mol. The van der Waals surface area contributed by atoms with Crippen LogP contribution >= 0.6 is 23.2 Å². The lowest BCUT2D eigenvalue weighted by atomic mass is 10.1. The second-order valence-electron chi connectivity index (χ2n) is 5.64. The van der Waals surface area contributed by atoms with E-state index in [1.165, 1.54) is 19.2 Å². The van der Waals surface area contributed by atoms with Crippen molar-refractivity contribution in [3.05, 3.63) is 63.4 Å². The summed E-state index contributed by atoms with van der Waals surface area (Å²) in [5.74, 6) is -1.54. The van der Waals surface area contributed by atoms with Crippen molar-refractivity contribution in [3.63, 3.8) is 0 Å². The van der Waals surface area contributed by atoms with Gasteiger partial charge in [-0.3, -0.25) is 9.59 Å². The normalized spacial score (nSPS) is 10.4. The summed E-state index contributed by atoms with van der Waals surface area (Å²) in [6, 6.07) is 9.30. The van der Waals surface area contributed by atoms with Gasteiger partial charge in [-0.15, -0.1) is 0 Å².